The van der Waals surface area contributed by atoms with Crippen molar-refractivity contribution in [3.63, 3.8) is 0 Å². The maximum absolute atomic E-state index is 13.4. The lowest BCUT2D eigenvalue weighted by Crippen LogP contribution is -2.13. The molecule has 1 amide bonds. The predicted octanol–water partition coefficient (Wildman–Crippen LogP) is 6.65. The summed E-state index contributed by atoms with van der Waals surface area (Å²) >= 11 is 0. The normalized spacial score (nSPS) is 11.3. The van der Waals surface area contributed by atoms with Crippen LogP contribution in [0.4, 0.5) is 17.1 Å². The van der Waals surface area contributed by atoms with Gasteiger partial charge in [0.1, 0.15) is 11.4 Å². The van der Waals surface area contributed by atoms with Gasteiger partial charge in [-0.2, -0.15) is 0 Å². The summed E-state index contributed by atoms with van der Waals surface area (Å²) in [7, 11) is 0. The maximum atomic E-state index is 13.4. The lowest BCUT2D eigenvalue weighted by molar-refractivity contribution is 0.0500. The Morgan fingerprint density at radius 1 is 0.950 bits per heavy atom. The Kier molecular flexibility index (Phi) is 7.41. The monoisotopic (exact) mass is 537 g/mol. The highest BCUT2D eigenvalue weighted by Gasteiger charge is 2.20. The lowest BCUT2D eigenvalue weighted by Gasteiger charge is -2.13. The first-order valence-electron chi connectivity index (χ1n) is 12.8. The number of rotatable bonds is 8. The number of unbranched alkanes of at least 4 members (excludes halogenated alkanes) is 1. The molecule has 0 fully saturated rings. The van der Waals surface area contributed by atoms with Gasteiger partial charge in [-0.15, -0.1) is 10.2 Å². The molecule has 0 aliphatic heterocycles. The molecule has 4 N–H and O–H groups in total. The highest BCUT2D eigenvalue weighted by molar-refractivity contribution is 6.12. The Balaban J connectivity index is 1.52. The first-order valence-corrected chi connectivity index (χ1v) is 12.8. The molecule has 0 saturated carbocycles. The SMILES string of the molecule is CCCCOC(=O)c1ccccc1N=Nc1c(O)c(C(=O)Nc2cc3[nH]c(=O)[nH]c3cc2C)cc2ccccc12. The molecule has 0 bridgehead atoms. The third kappa shape index (κ3) is 5.32. The van der Waals surface area contributed by atoms with Crippen LogP contribution in [0.1, 0.15) is 46.0 Å². The average molecular weight is 538 g/mol. The van der Waals surface area contributed by atoms with E-state index in [1.54, 1.807) is 67.6 Å². The van der Waals surface area contributed by atoms with Gasteiger partial charge in [-0.1, -0.05) is 49.7 Å². The molecule has 40 heavy (non-hydrogen) atoms. The number of phenolic OH excluding ortho intramolecular Hbond substituents is 1. The van der Waals surface area contributed by atoms with Crippen LogP contribution >= 0.6 is 0 Å². The van der Waals surface area contributed by atoms with Crippen molar-refractivity contribution in [2.45, 2.75) is 26.7 Å². The van der Waals surface area contributed by atoms with Gasteiger partial charge in [-0.25, -0.2) is 9.59 Å². The van der Waals surface area contributed by atoms with Crippen LogP contribution in [0.2, 0.25) is 0 Å². The molecule has 10 nitrogen and oxygen atoms in total. The quantitative estimate of drug-likeness (QED) is 0.0993. The van der Waals surface area contributed by atoms with Crippen LogP contribution in [0.25, 0.3) is 21.8 Å². The van der Waals surface area contributed by atoms with Crippen molar-refractivity contribution in [1.29, 1.82) is 0 Å². The number of carbonyl (C=O) groups excluding carboxylic acids is 2. The van der Waals surface area contributed by atoms with Gasteiger partial charge in [0, 0.05) is 11.1 Å². The number of H-pyrrole nitrogens is 2. The van der Waals surface area contributed by atoms with Crippen LogP contribution in [-0.4, -0.2) is 33.6 Å². The zero-order chi connectivity index (χ0) is 28.2. The third-order valence-corrected chi connectivity index (χ3v) is 6.46. The molecule has 0 aliphatic rings. The second kappa shape index (κ2) is 11.2. The smallest absolute Gasteiger partial charge is 0.340 e. The molecule has 0 atom stereocenters. The Morgan fingerprint density at radius 3 is 2.48 bits per heavy atom. The Bertz CT molecular complexity index is 1840. The summed E-state index contributed by atoms with van der Waals surface area (Å²) in [5, 5.41) is 23.8. The lowest BCUT2D eigenvalue weighted by atomic mass is 10.0. The summed E-state index contributed by atoms with van der Waals surface area (Å²) in [5.74, 6) is -1.45. The predicted molar refractivity (Wildman–Crippen MR) is 153 cm³/mol. The van der Waals surface area contributed by atoms with Gasteiger partial charge in [-0.3, -0.25) is 4.79 Å². The molecule has 5 rings (SSSR count). The summed E-state index contributed by atoms with van der Waals surface area (Å²) in [6.45, 7) is 4.10. The fraction of sp³-hybridized carbons (Fsp3) is 0.167. The number of aromatic nitrogens is 2. The number of nitrogens with one attached hydrogen (secondary N) is 3. The molecular weight excluding hydrogens is 510 g/mol. The van der Waals surface area contributed by atoms with Crippen molar-refractivity contribution in [2.75, 3.05) is 11.9 Å². The number of aromatic hydroxyl groups is 1. The van der Waals surface area contributed by atoms with E-state index in [2.05, 4.69) is 25.5 Å². The molecule has 1 heterocycles. The van der Waals surface area contributed by atoms with Crippen LogP contribution in [0.5, 0.6) is 5.75 Å². The van der Waals surface area contributed by atoms with Crippen LogP contribution in [0.15, 0.2) is 81.8 Å². The number of fused-ring (bicyclic) bond motifs is 2. The third-order valence-electron chi connectivity index (χ3n) is 6.46. The number of azo groups is 1. The van der Waals surface area contributed by atoms with Crippen molar-refractivity contribution in [3.05, 3.63) is 93.9 Å². The number of benzene rings is 4. The minimum atomic E-state index is -0.570. The Labute approximate surface area is 228 Å². The van der Waals surface area contributed by atoms with E-state index in [-0.39, 0.29) is 33.9 Å². The number of phenols is 1. The fourth-order valence-electron chi connectivity index (χ4n) is 4.33. The molecule has 0 aliphatic carbocycles. The number of carbonyl (C=O) groups is 2. The molecule has 1 aromatic heterocycles. The Hall–Kier alpha value is -5.25. The zero-order valence-electron chi connectivity index (χ0n) is 21.9. The average Bonchev–Trinajstić information content (AvgIpc) is 3.31. The van der Waals surface area contributed by atoms with E-state index in [0.717, 1.165) is 18.4 Å². The number of esters is 1. The number of aromatic amines is 2. The second-order valence-electron chi connectivity index (χ2n) is 9.30. The van der Waals surface area contributed by atoms with E-state index in [1.807, 2.05) is 13.0 Å². The molecule has 5 aromatic rings. The summed E-state index contributed by atoms with van der Waals surface area (Å²) in [6, 6.07) is 18.8. The van der Waals surface area contributed by atoms with Gasteiger partial charge in [0.2, 0.25) is 0 Å². The molecule has 0 spiro atoms. The van der Waals surface area contributed by atoms with E-state index in [9.17, 15) is 19.5 Å². The standard InChI is InChI=1S/C30H27N5O5/c1-3-4-13-40-29(38)20-11-7-8-12-22(20)34-35-26-19-10-6-5-9-18(19)15-21(27(26)36)28(37)31-23-16-25-24(14-17(23)2)32-30(39)33-25/h5-12,14-16,36H,3-4,13H2,1-2H3,(H,31,37)(H2,32,33,39). The molecule has 0 unspecified atom stereocenters. The number of ether oxygens (including phenoxy) is 1. The van der Waals surface area contributed by atoms with E-state index in [0.29, 0.717) is 34.1 Å². The highest BCUT2D eigenvalue weighted by atomic mass is 16.5. The summed E-state index contributed by atoms with van der Waals surface area (Å²) in [5.41, 5.74) is 2.58. The van der Waals surface area contributed by atoms with E-state index >= 15 is 0 Å². The number of aryl methyl sites for hydroxylation is 1. The zero-order valence-corrected chi connectivity index (χ0v) is 21.9. The largest absolute Gasteiger partial charge is 0.505 e. The molecule has 10 heteroatoms. The number of nitrogens with zero attached hydrogens (tertiary/aromatic N) is 2. The minimum Gasteiger partial charge on any atom is -0.505 e. The number of imidazole rings is 1. The molecule has 4 aromatic carbocycles. The molecule has 202 valence electrons. The Morgan fingerprint density at radius 2 is 1.68 bits per heavy atom. The van der Waals surface area contributed by atoms with Gasteiger partial charge >= 0.3 is 11.7 Å². The van der Waals surface area contributed by atoms with Crippen molar-refractivity contribution < 1.29 is 19.4 Å². The minimum absolute atomic E-state index is 0.0121. The van der Waals surface area contributed by atoms with Crippen molar-refractivity contribution in [2.24, 2.45) is 10.2 Å². The van der Waals surface area contributed by atoms with E-state index < -0.39 is 11.9 Å². The van der Waals surface area contributed by atoms with Crippen LogP contribution in [0, 0.1) is 6.92 Å². The van der Waals surface area contributed by atoms with Gasteiger partial charge in [0.15, 0.2) is 5.75 Å². The van der Waals surface area contributed by atoms with Gasteiger partial charge in [0.05, 0.1) is 28.8 Å². The number of anilines is 1. The van der Waals surface area contributed by atoms with E-state index in [4.69, 9.17) is 4.74 Å². The second-order valence-corrected chi connectivity index (χ2v) is 9.30. The van der Waals surface area contributed by atoms with Crippen LogP contribution < -0.4 is 11.0 Å². The molecule has 0 saturated heterocycles. The van der Waals surface area contributed by atoms with Crippen molar-refractivity contribution >= 4 is 50.7 Å². The first-order chi connectivity index (χ1) is 19.4. The summed E-state index contributed by atoms with van der Waals surface area (Å²) < 4.78 is 5.34. The number of hydrogen-bond donors (Lipinski definition) is 4. The number of hydrogen-bond acceptors (Lipinski definition) is 7. The van der Waals surface area contributed by atoms with Gasteiger partial charge in [-0.05, 0) is 54.6 Å². The topological polar surface area (TPSA) is 149 Å². The maximum Gasteiger partial charge on any atom is 0.340 e. The van der Waals surface area contributed by atoms with Crippen molar-refractivity contribution in [1.82, 2.24) is 9.97 Å². The summed E-state index contributed by atoms with van der Waals surface area (Å²) in [4.78, 5) is 43.0. The van der Waals surface area contributed by atoms with Gasteiger partial charge < -0.3 is 25.1 Å². The molecular formula is C30H27N5O5. The van der Waals surface area contributed by atoms with E-state index in [1.165, 1.54) is 0 Å². The fourth-order valence-corrected chi connectivity index (χ4v) is 4.33. The molecule has 0 radical (unpaired) electrons. The summed E-state index contributed by atoms with van der Waals surface area (Å²) in [6.07, 6.45) is 1.64. The van der Waals surface area contributed by atoms with Gasteiger partial charge in [0.25, 0.3) is 5.91 Å². The number of amides is 1. The first kappa shape index (κ1) is 26.4. The van der Waals surface area contributed by atoms with Crippen LogP contribution in [-0.2, 0) is 4.74 Å². The highest BCUT2D eigenvalue weighted by Crippen LogP contribution is 2.40. The van der Waals surface area contributed by atoms with Crippen LogP contribution in [0.3, 0.4) is 0 Å². The van der Waals surface area contributed by atoms with Crippen molar-refractivity contribution in [3.8, 4) is 5.75 Å².